The van der Waals surface area contributed by atoms with Crippen LogP contribution in [0.4, 0.5) is 0 Å². The molecule has 116 valence electrons. The molecule has 1 unspecified atom stereocenters. The van der Waals surface area contributed by atoms with Gasteiger partial charge in [0.25, 0.3) is 0 Å². The monoisotopic (exact) mass is 280 g/mol. The summed E-state index contributed by atoms with van der Waals surface area (Å²) in [6.45, 7) is 5.40. The number of nitrogens with one attached hydrogen (secondary N) is 1. The summed E-state index contributed by atoms with van der Waals surface area (Å²) in [5, 5.41) is 12.9. The van der Waals surface area contributed by atoms with E-state index in [0.29, 0.717) is 12.0 Å². The van der Waals surface area contributed by atoms with E-state index in [1.54, 1.807) is 0 Å². The largest absolute Gasteiger partial charge is 0.396 e. The van der Waals surface area contributed by atoms with E-state index in [-0.39, 0.29) is 0 Å². The molecule has 0 amide bonds. The zero-order valence-electron chi connectivity index (χ0n) is 12.9. The van der Waals surface area contributed by atoms with Crippen molar-refractivity contribution in [1.29, 1.82) is 0 Å². The molecule has 3 aliphatic rings. The Hall–Kier alpha value is -0.120. The summed E-state index contributed by atoms with van der Waals surface area (Å²) >= 11 is 0. The molecule has 3 rings (SSSR count). The van der Waals surface area contributed by atoms with E-state index in [9.17, 15) is 0 Å². The van der Waals surface area contributed by atoms with Gasteiger partial charge in [-0.1, -0.05) is 19.3 Å². The maximum Gasteiger partial charge on any atom is 0.0434 e. The third kappa shape index (κ3) is 3.96. The Balaban J connectivity index is 1.52. The molecule has 20 heavy (non-hydrogen) atoms. The highest BCUT2D eigenvalue weighted by Crippen LogP contribution is 2.38. The van der Waals surface area contributed by atoms with E-state index in [4.69, 9.17) is 5.11 Å². The zero-order valence-corrected chi connectivity index (χ0v) is 12.9. The van der Waals surface area contributed by atoms with Gasteiger partial charge in [-0.05, 0) is 56.4 Å². The number of likely N-dealkylation sites (tertiary alicyclic amines) is 1. The highest BCUT2D eigenvalue weighted by molar-refractivity contribution is 4.92. The fourth-order valence-corrected chi connectivity index (χ4v) is 4.29. The van der Waals surface area contributed by atoms with Crippen LogP contribution in [0.15, 0.2) is 0 Å². The number of nitrogens with zero attached hydrogens (tertiary/aromatic N) is 1. The van der Waals surface area contributed by atoms with Gasteiger partial charge in [0, 0.05) is 32.3 Å². The number of rotatable bonds is 7. The Bertz CT molecular complexity index is 297. The minimum absolute atomic E-state index is 0.368. The van der Waals surface area contributed by atoms with Crippen molar-refractivity contribution in [3.05, 3.63) is 0 Å². The lowest BCUT2D eigenvalue weighted by Crippen LogP contribution is -2.45. The van der Waals surface area contributed by atoms with Crippen molar-refractivity contribution < 1.29 is 5.11 Å². The Kier molecular flexibility index (Phi) is 5.00. The topological polar surface area (TPSA) is 35.5 Å². The quantitative estimate of drug-likeness (QED) is 0.751. The second-order valence-corrected chi connectivity index (χ2v) is 7.62. The first-order chi connectivity index (χ1) is 9.80. The van der Waals surface area contributed by atoms with Crippen molar-refractivity contribution in [2.24, 2.45) is 11.3 Å². The van der Waals surface area contributed by atoms with Crippen LogP contribution in [0.1, 0.15) is 57.8 Å². The fourth-order valence-electron chi connectivity index (χ4n) is 4.29. The normalized spacial score (nSPS) is 30.8. The van der Waals surface area contributed by atoms with Crippen LogP contribution in [0.3, 0.4) is 0 Å². The Morgan fingerprint density at radius 3 is 2.60 bits per heavy atom. The average Bonchev–Trinajstić information content (AvgIpc) is 3.20. The van der Waals surface area contributed by atoms with Gasteiger partial charge in [-0.2, -0.15) is 0 Å². The highest BCUT2D eigenvalue weighted by atomic mass is 16.3. The van der Waals surface area contributed by atoms with E-state index in [2.05, 4.69) is 10.2 Å². The first kappa shape index (κ1) is 14.8. The lowest BCUT2D eigenvalue weighted by molar-refractivity contribution is 0.113. The van der Waals surface area contributed by atoms with Gasteiger partial charge in [0.05, 0.1) is 0 Å². The van der Waals surface area contributed by atoms with Crippen LogP contribution in [0, 0.1) is 11.3 Å². The Morgan fingerprint density at radius 1 is 1.10 bits per heavy atom. The smallest absolute Gasteiger partial charge is 0.0434 e. The van der Waals surface area contributed by atoms with Gasteiger partial charge in [0.1, 0.15) is 0 Å². The van der Waals surface area contributed by atoms with Crippen molar-refractivity contribution in [2.45, 2.75) is 63.8 Å². The van der Waals surface area contributed by atoms with Crippen molar-refractivity contribution >= 4 is 0 Å². The summed E-state index contributed by atoms with van der Waals surface area (Å²) in [5.41, 5.74) is 0.551. The van der Waals surface area contributed by atoms with Gasteiger partial charge >= 0.3 is 0 Å². The zero-order chi connectivity index (χ0) is 13.8. The van der Waals surface area contributed by atoms with E-state index in [1.807, 2.05) is 0 Å². The molecule has 1 saturated heterocycles. The van der Waals surface area contributed by atoms with Gasteiger partial charge < -0.3 is 15.3 Å². The van der Waals surface area contributed by atoms with E-state index < -0.39 is 0 Å². The summed E-state index contributed by atoms with van der Waals surface area (Å²) in [5.74, 6) is 0.747. The van der Waals surface area contributed by atoms with E-state index in [0.717, 1.165) is 18.4 Å². The predicted molar refractivity (Wildman–Crippen MR) is 82.8 cm³/mol. The van der Waals surface area contributed by atoms with Gasteiger partial charge in [-0.3, -0.25) is 0 Å². The molecule has 2 N–H and O–H groups in total. The van der Waals surface area contributed by atoms with E-state index >= 15 is 0 Å². The van der Waals surface area contributed by atoms with Crippen LogP contribution in [0.2, 0.25) is 0 Å². The number of aliphatic hydroxyl groups excluding tert-OH is 1. The minimum Gasteiger partial charge on any atom is -0.396 e. The second kappa shape index (κ2) is 6.76. The van der Waals surface area contributed by atoms with Crippen molar-refractivity contribution in [3.63, 3.8) is 0 Å². The maximum atomic E-state index is 9.11. The average molecular weight is 280 g/mol. The molecule has 0 aromatic rings. The lowest BCUT2D eigenvalue weighted by Gasteiger charge is -2.40. The summed E-state index contributed by atoms with van der Waals surface area (Å²) in [6, 6.07) is 0.842. The number of aliphatic hydroxyl groups is 1. The van der Waals surface area contributed by atoms with E-state index in [1.165, 1.54) is 77.5 Å². The van der Waals surface area contributed by atoms with Gasteiger partial charge in [-0.15, -0.1) is 0 Å². The molecular formula is C17H32N2O. The second-order valence-electron chi connectivity index (χ2n) is 7.62. The summed E-state index contributed by atoms with van der Waals surface area (Å²) in [6.07, 6.45) is 12.3. The maximum absolute atomic E-state index is 9.11. The predicted octanol–water partition coefficient (Wildman–Crippen LogP) is 2.39. The van der Waals surface area contributed by atoms with Gasteiger partial charge in [-0.25, -0.2) is 0 Å². The van der Waals surface area contributed by atoms with Gasteiger partial charge in [0.2, 0.25) is 0 Å². The summed E-state index contributed by atoms with van der Waals surface area (Å²) in [7, 11) is 0. The summed E-state index contributed by atoms with van der Waals surface area (Å²) in [4.78, 5) is 2.69. The number of hydrogen-bond donors (Lipinski definition) is 2. The Labute approximate surface area is 124 Å². The third-order valence-electron chi connectivity index (χ3n) is 5.72. The molecule has 0 spiro atoms. The van der Waals surface area contributed by atoms with Crippen LogP contribution in [-0.2, 0) is 0 Å². The Morgan fingerprint density at radius 2 is 1.90 bits per heavy atom. The standard InChI is InChI=1S/C17H32N2O/c20-11-7-15-6-10-19(12-15)14-17(8-2-1-3-9-17)13-18-16-4-5-16/h15-16,18,20H,1-14H2. The molecule has 0 aromatic heterocycles. The van der Waals surface area contributed by atoms with Crippen LogP contribution in [0.25, 0.3) is 0 Å². The molecule has 1 atom stereocenters. The molecule has 3 nitrogen and oxygen atoms in total. The number of hydrogen-bond acceptors (Lipinski definition) is 3. The van der Waals surface area contributed by atoms with Crippen LogP contribution in [-0.4, -0.2) is 48.8 Å². The molecular weight excluding hydrogens is 248 g/mol. The molecule has 1 heterocycles. The molecule has 3 fully saturated rings. The fraction of sp³-hybridized carbons (Fsp3) is 1.00. The molecule has 3 heteroatoms. The molecule has 2 aliphatic carbocycles. The molecule has 0 radical (unpaired) electrons. The van der Waals surface area contributed by atoms with Gasteiger partial charge in [0.15, 0.2) is 0 Å². The third-order valence-corrected chi connectivity index (χ3v) is 5.72. The highest BCUT2D eigenvalue weighted by Gasteiger charge is 2.37. The molecule has 2 saturated carbocycles. The minimum atomic E-state index is 0.368. The summed E-state index contributed by atoms with van der Waals surface area (Å²) < 4.78 is 0. The van der Waals surface area contributed by atoms with Crippen LogP contribution >= 0.6 is 0 Å². The molecule has 1 aliphatic heterocycles. The first-order valence-electron chi connectivity index (χ1n) is 8.86. The SMILES string of the molecule is OCCC1CCN(CC2(CNC3CC3)CCCCC2)C1. The first-order valence-corrected chi connectivity index (χ1v) is 8.86. The lowest BCUT2D eigenvalue weighted by atomic mass is 9.73. The van der Waals surface area contributed by atoms with Crippen LogP contribution in [0.5, 0.6) is 0 Å². The van der Waals surface area contributed by atoms with Crippen molar-refractivity contribution in [3.8, 4) is 0 Å². The van der Waals surface area contributed by atoms with Crippen molar-refractivity contribution in [2.75, 3.05) is 32.8 Å². The van der Waals surface area contributed by atoms with Crippen molar-refractivity contribution in [1.82, 2.24) is 10.2 Å². The molecule has 0 aromatic carbocycles. The van der Waals surface area contributed by atoms with Crippen LogP contribution < -0.4 is 5.32 Å². The molecule has 0 bridgehead atoms.